The summed E-state index contributed by atoms with van der Waals surface area (Å²) in [4.78, 5) is 17.1. The molecule has 0 unspecified atom stereocenters. The molecule has 1 fully saturated rings. The van der Waals surface area contributed by atoms with Gasteiger partial charge in [0, 0.05) is 6.04 Å². The van der Waals surface area contributed by atoms with Gasteiger partial charge in [0.2, 0.25) is 0 Å². The lowest BCUT2D eigenvalue weighted by Crippen LogP contribution is -2.46. The predicted molar refractivity (Wildman–Crippen MR) is 83.9 cm³/mol. The Morgan fingerprint density at radius 3 is 2.30 bits per heavy atom. The van der Waals surface area contributed by atoms with Crippen molar-refractivity contribution in [3.8, 4) is 0 Å². The Bertz CT molecular complexity index is 503. The third-order valence-electron chi connectivity index (χ3n) is 3.91. The van der Waals surface area contributed by atoms with E-state index in [4.69, 9.17) is 5.73 Å². The number of anilines is 1. The van der Waals surface area contributed by atoms with E-state index in [0.717, 1.165) is 18.5 Å². The van der Waals surface area contributed by atoms with Gasteiger partial charge in [0.25, 0.3) is 5.91 Å². The summed E-state index contributed by atoms with van der Waals surface area (Å²) in [5.41, 5.74) is 6.92. The van der Waals surface area contributed by atoms with Crippen LogP contribution in [0.1, 0.15) is 62.3 Å². The van der Waals surface area contributed by atoms with Crippen LogP contribution >= 0.6 is 11.3 Å². The van der Waals surface area contributed by atoms with Crippen LogP contribution in [-0.2, 0) is 0 Å². The van der Waals surface area contributed by atoms with Gasteiger partial charge in [-0.3, -0.25) is 4.79 Å². The van der Waals surface area contributed by atoms with E-state index in [9.17, 15) is 4.79 Å². The Kier molecular flexibility index (Phi) is 3.84. The minimum atomic E-state index is -0.0322. The van der Waals surface area contributed by atoms with E-state index in [1.807, 2.05) is 6.92 Å². The van der Waals surface area contributed by atoms with Crippen molar-refractivity contribution in [3.63, 3.8) is 0 Å². The van der Waals surface area contributed by atoms with Crippen LogP contribution in [-0.4, -0.2) is 16.9 Å². The maximum atomic E-state index is 12.4. The Labute approximate surface area is 125 Å². The maximum absolute atomic E-state index is 12.4. The highest BCUT2D eigenvalue weighted by Gasteiger charge is 2.39. The highest BCUT2D eigenvalue weighted by atomic mass is 32.1. The smallest absolute Gasteiger partial charge is 0.263 e. The largest absolute Gasteiger partial charge is 0.375 e. The van der Waals surface area contributed by atoms with E-state index in [2.05, 4.69) is 38.0 Å². The zero-order valence-electron chi connectivity index (χ0n) is 13.0. The molecule has 20 heavy (non-hydrogen) atoms. The van der Waals surface area contributed by atoms with Crippen molar-refractivity contribution >= 4 is 22.4 Å². The van der Waals surface area contributed by atoms with Crippen LogP contribution < -0.4 is 11.1 Å². The highest BCUT2D eigenvalue weighted by molar-refractivity contribution is 7.17. The summed E-state index contributed by atoms with van der Waals surface area (Å²) in [7, 11) is 0. The van der Waals surface area contributed by atoms with Crippen LogP contribution in [0.3, 0.4) is 0 Å². The maximum Gasteiger partial charge on any atom is 0.263 e. The fourth-order valence-electron chi connectivity index (χ4n) is 3.83. The van der Waals surface area contributed by atoms with Gasteiger partial charge in [0.05, 0.1) is 5.69 Å². The predicted octanol–water partition coefficient (Wildman–Crippen LogP) is 3.37. The number of nitrogens with one attached hydrogen (secondary N) is 1. The first-order valence-corrected chi connectivity index (χ1v) is 7.93. The van der Waals surface area contributed by atoms with E-state index in [-0.39, 0.29) is 22.8 Å². The first-order chi connectivity index (χ1) is 9.08. The molecule has 4 nitrogen and oxygen atoms in total. The minimum absolute atomic E-state index is 0.0322. The molecule has 1 heterocycles. The van der Waals surface area contributed by atoms with Gasteiger partial charge in [0.15, 0.2) is 5.13 Å². The summed E-state index contributed by atoms with van der Waals surface area (Å²) in [5, 5.41) is 3.63. The van der Waals surface area contributed by atoms with Crippen molar-refractivity contribution < 1.29 is 4.79 Å². The van der Waals surface area contributed by atoms with E-state index >= 15 is 0 Å². The van der Waals surface area contributed by atoms with Crippen molar-refractivity contribution in [3.05, 3.63) is 10.6 Å². The molecular weight excluding hydrogens is 270 g/mol. The molecule has 0 spiro atoms. The lowest BCUT2D eigenvalue weighted by atomic mass is 9.63. The third kappa shape index (κ3) is 3.51. The number of hydrogen-bond donors (Lipinski definition) is 2. The van der Waals surface area contributed by atoms with E-state index in [0.29, 0.717) is 10.0 Å². The van der Waals surface area contributed by atoms with Crippen LogP contribution in [0.4, 0.5) is 5.13 Å². The topological polar surface area (TPSA) is 68.0 Å². The average molecular weight is 295 g/mol. The average Bonchev–Trinajstić information content (AvgIpc) is 2.52. The van der Waals surface area contributed by atoms with Crippen molar-refractivity contribution in [2.75, 3.05) is 5.73 Å². The number of amides is 1. The molecule has 0 saturated heterocycles. The number of carbonyl (C=O) groups excluding carboxylic acids is 1. The number of carbonyl (C=O) groups is 1. The van der Waals surface area contributed by atoms with Crippen LogP contribution in [0.5, 0.6) is 0 Å². The fraction of sp³-hybridized carbons (Fsp3) is 0.733. The SMILES string of the molecule is Cc1nc(N)sc1C(=O)NC1CC(C)(C)CC(C)(C)C1. The van der Waals surface area contributed by atoms with Crippen LogP contribution in [0.2, 0.25) is 0 Å². The highest BCUT2D eigenvalue weighted by Crippen LogP contribution is 2.45. The molecule has 0 atom stereocenters. The number of aryl methyl sites for hydroxylation is 1. The number of thiazole rings is 1. The molecule has 3 N–H and O–H groups in total. The van der Waals surface area contributed by atoms with Crippen LogP contribution in [0.15, 0.2) is 0 Å². The standard InChI is InChI=1S/C15H25N3OS/c1-9-11(20-13(16)17-9)12(19)18-10-6-14(2,3)8-15(4,5)7-10/h10H,6-8H2,1-5H3,(H2,16,17)(H,18,19). The zero-order chi connectivity index (χ0) is 15.1. The number of aromatic nitrogens is 1. The third-order valence-corrected chi connectivity index (χ3v) is 4.90. The molecule has 5 heteroatoms. The number of nitrogen functional groups attached to an aromatic ring is 1. The molecule has 1 aliphatic rings. The van der Waals surface area contributed by atoms with Gasteiger partial charge >= 0.3 is 0 Å². The van der Waals surface area contributed by atoms with Gasteiger partial charge in [-0.05, 0) is 37.0 Å². The van der Waals surface area contributed by atoms with Crippen molar-refractivity contribution in [2.45, 2.75) is 59.9 Å². The molecular formula is C15H25N3OS. The van der Waals surface area contributed by atoms with E-state index in [1.165, 1.54) is 17.8 Å². The number of nitrogens with zero attached hydrogens (tertiary/aromatic N) is 1. The lowest BCUT2D eigenvalue weighted by Gasteiger charge is -2.45. The molecule has 0 aromatic carbocycles. The molecule has 2 rings (SSSR count). The second-order valence-corrected chi connectivity index (χ2v) is 8.58. The first-order valence-electron chi connectivity index (χ1n) is 7.12. The van der Waals surface area contributed by atoms with Gasteiger partial charge < -0.3 is 11.1 Å². The molecule has 1 amide bonds. The van der Waals surface area contributed by atoms with Crippen LogP contribution in [0, 0.1) is 17.8 Å². The Hall–Kier alpha value is -1.10. The van der Waals surface area contributed by atoms with Crippen molar-refractivity contribution in [1.29, 1.82) is 0 Å². The van der Waals surface area contributed by atoms with Crippen LogP contribution in [0.25, 0.3) is 0 Å². The summed E-state index contributed by atoms with van der Waals surface area (Å²) in [6.45, 7) is 11.0. The summed E-state index contributed by atoms with van der Waals surface area (Å²) in [6, 6.07) is 0.226. The van der Waals surface area contributed by atoms with Crippen molar-refractivity contribution in [1.82, 2.24) is 10.3 Å². The van der Waals surface area contributed by atoms with Gasteiger partial charge in [-0.2, -0.15) is 0 Å². The summed E-state index contributed by atoms with van der Waals surface area (Å²) in [5.74, 6) is -0.0322. The molecule has 1 saturated carbocycles. The molecule has 0 bridgehead atoms. The first kappa shape index (κ1) is 15.3. The monoisotopic (exact) mass is 295 g/mol. The normalized spacial score (nSPS) is 21.6. The van der Waals surface area contributed by atoms with Crippen molar-refractivity contribution in [2.24, 2.45) is 10.8 Å². The Balaban J connectivity index is 2.09. The van der Waals surface area contributed by atoms with Gasteiger partial charge in [-0.1, -0.05) is 39.0 Å². The number of nitrogens with two attached hydrogens (primary N) is 1. The van der Waals surface area contributed by atoms with Gasteiger partial charge in [-0.15, -0.1) is 0 Å². The van der Waals surface area contributed by atoms with E-state index in [1.54, 1.807) is 0 Å². The summed E-state index contributed by atoms with van der Waals surface area (Å²) in [6.07, 6.45) is 3.24. The molecule has 1 aromatic rings. The molecule has 1 aliphatic carbocycles. The fourth-order valence-corrected chi connectivity index (χ4v) is 4.56. The molecule has 0 aliphatic heterocycles. The lowest BCUT2D eigenvalue weighted by molar-refractivity contribution is 0.0716. The van der Waals surface area contributed by atoms with Gasteiger partial charge in [0.1, 0.15) is 4.88 Å². The summed E-state index contributed by atoms with van der Waals surface area (Å²) >= 11 is 1.27. The molecule has 1 aromatic heterocycles. The minimum Gasteiger partial charge on any atom is -0.375 e. The Morgan fingerprint density at radius 2 is 1.85 bits per heavy atom. The molecule has 0 radical (unpaired) electrons. The van der Waals surface area contributed by atoms with Gasteiger partial charge in [-0.25, -0.2) is 4.98 Å². The quantitative estimate of drug-likeness (QED) is 0.879. The van der Waals surface area contributed by atoms with E-state index < -0.39 is 0 Å². The Morgan fingerprint density at radius 1 is 1.30 bits per heavy atom. The second kappa shape index (κ2) is 5.02. The second-order valence-electron chi connectivity index (χ2n) is 7.55. The number of hydrogen-bond acceptors (Lipinski definition) is 4. The summed E-state index contributed by atoms with van der Waals surface area (Å²) < 4.78 is 0. The zero-order valence-corrected chi connectivity index (χ0v) is 13.9. The number of rotatable bonds is 2. The molecule has 112 valence electrons.